The number of hydrogen-bond donors (Lipinski definition) is 1. The predicted molar refractivity (Wildman–Crippen MR) is 56.9 cm³/mol. The van der Waals surface area contributed by atoms with Crippen molar-refractivity contribution in [3.63, 3.8) is 0 Å². The molecule has 0 spiro atoms. The molecule has 0 aromatic carbocycles. The summed E-state index contributed by atoms with van der Waals surface area (Å²) in [6.45, 7) is 5.12. The molecule has 3 nitrogen and oxygen atoms in total. The summed E-state index contributed by atoms with van der Waals surface area (Å²) in [5.74, 6) is 0.882. The standard InChI is InChI=1S/C10H17N3/c1-4-5-13(3)10-9(11)6-8(2)7-12-10/h6-7H,4-5,11H2,1-3H3. The first-order valence-corrected chi connectivity index (χ1v) is 4.58. The second-order valence-corrected chi connectivity index (χ2v) is 3.35. The number of nitrogens with two attached hydrogens (primary N) is 1. The van der Waals surface area contributed by atoms with Crippen molar-refractivity contribution < 1.29 is 0 Å². The summed E-state index contributed by atoms with van der Waals surface area (Å²) < 4.78 is 0. The number of aryl methyl sites for hydroxylation is 1. The number of rotatable bonds is 3. The zero-order valence-corrected chi connectivity index (χ0v) is 8.54. The lowest BCUT2D eigenvalue weighted by Crippen LogP contribution is -2.20. The van der Waals surface area contributed by atoms with Crippen molar-refractivity contribution >= 4 is 11.5 Å². The van der Waals surface area contributed by atoms with Crippen LogP contribution in [0, 0.1) is 6.92 Å². The summed E-state index contributed by atoms with van der Waals surface area (Å²) in [7, 11) is 2.01. The first-order valence-electron chi connectivity index (χ1n) is 4.58. The molecule has 0 atom stereocenters. The number of aromatic nitrogens is 1. The van der Waals surface area contributed by atoms with Crippen LogP contribution in [0.25, 0.3) is 0 Å². The second kappa shape index (κ2) is 4.12. The lowest BCUT2D eigenvalue weighted by Gasteiger charge is -2.18. The second-order valence-electron chi connectivity index (χ2n) is 3.35. The molecule has 0 aliphatic carbocycles. The van der Waals surface area contributed by atoms with E-state index in [0.29, 0.717) is 0 Å². The van der Waals surface area contributed by atoms with Gasteiger partial charge >= 0.3 is 0 Å². The van der Waals surface area contributed by atoms with Gasteiger partial charge in [-0.1, -0.05) is 6.92 Å². The third-order valence-electron chi connectivity index (χ3n) is 1.95. The van der Waals surface area contributed by atoms with Gasteiger partial charge in [-0.3, -0.25) is 0 Å². The monoisotopic (exact) mass is 179 g/mol. The van der Waals surface area contributed by atoms with Crippen LogP contribution < -0.4 is 10.6 Å². The molecule has 0 saturated carbocycles. The Bertz CT molecular complexity index is 283. The molecule has 0 unspecified atom stereocenters. The maximum atomic E-state index is 5.85. The van der Waals surface area contributed by atoms with Gasteiger partial charge in [-0.2, -0.15) is 0 Å². The predicted octanol–water partition coefficient (Wildman–Crippen LogP) is 1.82. The average molecular weight is 179 g/mol. The summed E-state index contributed by atoms with van der Waals surface area (Å²) >= 11 is 0. The van der Waals surface area contributed by atoms with Crippen LogP contribution in [0.5, 0.6) is 0 Å². The molecule has 2 N–H and O–H groups in total. The Morgan fingerprint density at radius 2 is 2.23 bits per heavy atom. The van der Waals surface area contributed by atoms with Crippen molar-refractivity contribution in [2.24, 2.45) is 0 Å². The summed E-state index contributed by atoms with van der Waals surface area (Å²) in [5, 5.41) is 0. The van der Waals surface area contributed by atoms with Crippen LogP contribution in [0.15, 0.2) is 12.3 Å². The Morgan fingerprint density at radius 1 is 1.54 bits per heavy atom. The van der Waals surface area contributed by atoms with E-state index < -0.39 is 0 Å². The molecule has 0 bridgehead atoms. The number of pyridine rings is 1. The van der Waals surface area contributed by atoms with Gasteiger partial charge in [0, 0.05) is 19.8 Å². The molecule has 1 heterocycles. The zero-order valence-electron chi connectivity index (χ0n) is 8.54. The highest BCUT2D eigenvalue weighted by atomic mass is 15.2. The van der Waals surface area contributed by atoms with Crippen molar-refractivity contribution in [3.05, 3.63) is 17.8 Å². The maximum absolute atomic E-state index is 5.85. The van der Waals surface area contributed by atoms with E-state index in [0.717, 1.165) is 30.0 Å². The Morgan fingerprint density at radius 3 is 2.77 bits per heavy atom. The van der Waals surface area contributed by atoms with Gasteiger partial charge in [-0.05, 0) is 25.0 Å². The average Bonchev–Trinajstić information content (AvgIpc) is 2.04. The van der Waals surface area contributed by atoms with Gasteiger partial charge in [0.05, 0.1) is 5.69 Å². The lowest BCUT2D eigenvalue weighted by molar-refractivity contribution is 0.838. The smallest absolute Gasteiger partial charge is 0.151 e. The zero-order chi connectivity index (χ0) is 9.84. The normalized spacial score (nSPS) is 10.1. The van der Waals surface area contributed by atoms with Gasteiger partial charge in [0.15, 0.2) is 5.82 Å². The molecule has 1 aromatic rings. The minimum absolute atomic E-state index is 0.760. The third kappa shape index (κ3) is 2.34. The molecular formula is C10H17N3. The molecule has 0 aliphatic rings. The van der Waals surface area contributed by atoms with E-state index in [1.165, 1.54) is 0 Å². The van der Waals surface area contributed by atoms with Crippen LogP contribution in [0.2, 0.25) is 0 Å². The SMILES string of the molecule is CCCN(C)c1ncc(C)cc1N. The van der Waals surface area contributed by atoms with Gasteiger partial charge < -0.3 is 10.6 Å². The topological polar surface area (TPSA) is 42.2 Å². The minimum Gasteiger partial charge on any atom is -0.396 e. The minimum atomic E-state index is 0.760. The Hall–Kier alpha value is -1.25. The van der Waals surface area contributed by atoms with Gasteiger partial charge in [-0.25, -0.2) is 4.98 Å². The van der Waals surface area contributed by atoms with Gasteiger partial charge in [0.2, 0.25) is 0 Å². The largest absolute Gasteiger partial charge is 0.396 e. The van der Waals surface area contributed by atoms with Crippen LogP contribution in [0.1, 0.15) is 18.9 Å². The molecular weight excluding hydrogens is 162 g/mol. The summed E-state index contributed by atoms with van der Waals surface area (Å²) in [6.07, 6.45) is 2.95. The number of hydrogen-bond acceptors (Lipinski definition) is 3. The molecule has 0 amide bonds. The van der Waals surface area contributed by atoms with E-state index in [4.69, 9.17) is 5.73 Å². The van der Waals surface area contributed by atoms with Crippen LogP contribution >= 0.6 is 0 Å². The van der Waals surface area contributed by atoms with Crippen LogP contribution in [0.3, 0.4) is 0 Å². The maximum Gasteiger partial charge on any atom is 0.151 e. The molecule has 3 heteroatoms. The highest BCUT2D eigenvalue weighted by molar-refractivity contribution is 5.62. The molecule has 1 aromatic heterocycles. The van der Waals surface area contributed by atoms with Crippen molar-refractivity contribution in [3.8, 4) is 0 Å². The molecule has 72 valence electrons. The summed E-state index contributed by atoms with van der Waals surface area (Å²) in [6, 6.07) is 1.95. The van der Waals surface area contributed by atoms with Crippen molar-refractivity contribution in [2.75, 3.05) is 24.2 Å². The van der Waals surface area contributed by atoms with E-state index in [9.17, 15) is 0 Å². The fourth-order valence-corrected chi connectivity index (χ4v) is 1.34. The Labute approximate surface area is 79.6 Å². The van der Waals surface area contributed by atoms with Crippen molar-refractivity contribution in [1.29, 1.82) is 0 Å². The fraction of sp³-hybridized carbons (Fsp3) is 0.500. The van der Waals surface area contributed by atoms with Crippen LogP contribution in [-0.4, -0.2) is 18.6 Å². The first kappa shape index (κ1) is 9.84. The van der Waals surface area contributed by atoms with E-state index in [1.807, 2.05) is 26.2 Å². The van der Waals surface area contributed by atoms with Crippen molar-refractivity contribution in [1.82, 2.24) is 4.98 Å². The van der Waals surface area contributed by atoms with Gasteiger partial charge in [-0.15, -0.1) is 0 Å². The number of nitrogen functional groups attached to an aromatic ring is 1. The number of nitrogens with zero attached hydrogens (tertiary/aromatic N) is 2. The van der Waals surface area contributed by atoms with Crippen LogP contribution in [0.4, 0.5) is 11.5 Å². The third-order valence-corrected chi connectivity index (χ3v) is 1.95. The van der Waals surface area contributed by atoms with E-state index in [1.54, 1.807) is 0 Å². The quantitative estimate of drug-likeness (QED) is 0.769. The highest BCUT2D eigenvalue weighted by Gasteiger charge is 2.05. The first-order chi connectivity index (χ1) is 6.15. The molecule has 0 fully saturated rings. The molecule has 1 rings (SSSR count). The van der Waals surface area contributed by atoms with Crippen molar-refractivity contribution in [2.45, 2.75) is 20.3 Å². The fourth-order valence-electron chi connectivity index (χ4n) is 1.34. The van der Waals surface area contributed by atoms with Crippen LogP contribution in [-0.2, 0) is 0 Å². The number of anilines is 2. The van der Waals surface area contributed by atoms with Gasteiger partial charge in [0.25, 0.3) is 0 Å². The van der Waals surface area contributed by atoms with E-state index in [-0.39, 0.29) is 0 Å². The summed E-state index contributed by atoms with van der Waals surface area (Å²) in [4.78, 5) is 6.38. The van der Waals surface area contributed by atoms with E-state index >= 15 is 0 Å². The highest BCUT2D eigenvalue weighted by Crippen LogP contribution is 2.19. The molecule has 13 heavy (non-hydrogen) atoms. The Balaban J connectivity index is 2.88. The molecule has 0 radical (unpaired) electrons. The van der Waals surface area contributed by atoms with E-state index in [2.05, 4.69) is 16.8 Å². The molecule has 0 aliphatic heterocycles. The Kier molecular flexibility index (Phi) is 3.12. The summed E-state index contributed by atoms with van der Waals surface area (Å²) in [5.41, 5.74) is 7.71. The van der Waals surface area contributed by atoms with Gasteiger partial charge in [0.1, 0.15) is 0 Å². The molecule has 0 saturated heterocycles. The lowest BCUT2D eigenvalue weighted by atomic mass is 10.2.